The molecule has 0 aromatic carbocycles. The van der Waals surface area contributed by atoms with Crippen LogP contribution >= 0.6 is 0 Å². The minimum atomic E-state index is 0.322. The van der Waals surface area contributed by atoms with Crippen molar-refractivity contribution in [2.24, 2.45) is 11.1 Å². The first kappa shape index (κ1) is 10.7. The van der Waals surface area contributed by atoms with E-state index in [-0.39, 0.29) is 0 Å². The molecular weight excluding hydrogens is 188 g/mol. The van der Waals surface area contributed by atoms with Crippen molar-refractivity contribution in [1.82, 2.24) is 5.16 Å². The molecule has 0 radical (unpaired) electrons. The average Bonchev–Trinajstić information content (AvgIpc) is 2.53. The summed E-state index contributed by atoms with van der Waals surface area (Å²) < 4.78 is 5.37. The van der Waals surface area contributed by atoms with Gasteiger partial charge in [0.25, 0.3) is 0 Å². The van der Waals surface area contributed by atoms with E-state index in [2.05, 4.69) is 19.0 Å². The number of nitrogens with zero attached hydrogens (tertiary/aromatic N) is 1. The normalized spacial score (nSPS) is 23.9. The molecule has 1 aromatic heterocycles. The van der Waals surface area contributed by atoms with Crippen molar-refractivity contribution in [2.45, 2.75) is 46.0 Å². The van der Waals surface area contributed by atoms with Crippen molar-refractivity contribution in [3.8, 4) is 0 Å². The quantitative estimate of drug-likeness (QED) is 0.812. The molecule has 0 spiro atoms. The smallest absolute Gasteiger partial charge is 0.140 e. The fraction of sp³-hybridized carbons (Fsp3) is 0.750. The molecule has 0 saturated carbocycles. The molecule has 1 atom stereocenters. The zero-order chi connectivity index (χ0) is 11.1. The van der Waals surface area contributed by atoms with E-state index in [9.17, 15) is 0 Å². The zero-order valence-electron chi connectivity index (χ0n) is 9.84. The minimum absolute atomic E-state index is 0.322. The predicted octanol–water partition coefficient (Wildman–Crippen LogP) is 2.39. The summed E-state index contributed by atoms with van der Waals surface area (Å²) in [4.78, 5) is 0. The van der Waals surface area contributed by atoms with Crippen LogP contribution in [0.1, 0.15) is 49.6 Å². The highest BCUT2D eigenvalue weighted by Gasteiger charge is 2.38. The number of hydrogen-bond acceptors (Lipinski definition) is 3. The maximum absolute atomic E-state index is 5.71. The van der Waals surface area contributed by atoms with Gasteiger partial charge in [0.1, 0.15) is 5.76 Å². The average molecular weight is 208 g/mol. The predicted molar refractivity (Wildman–Crippen MR) is 59.8 cm³/mol. The highest BCUT2D eigenvalue weighted by Crippen LogP contribution is 2.47. The third-order valence-electron chi connectivity index (χ3n) is 3.73. The van der Waals surface area contributed by atoms with Gasteiger partial charge in [0.15, 0.2) is 0 Å². The van der Waals surface area contributed by atoms with Crippen LogP contribution in [-0.2, 0) is 6.42 Å². The van der Waals surface area contributed by atoms with Crippen molar-refractivity contribution in [3.05, 3.63) is 17.0 Å². The van der Waals surface area contributed by atoms with Crippen LogP contribution in [0, 0.1) is 12.3 Å². The van der Waals surface area contributed by atoms with Gasteiger partial charge >= 0.3 is 0 Å². The first-order valence-electron chi connectivity index (χ1n) is 5.71. The summed E-state index contributed by atoms with van der Waals surface area (Å²) >= 11 is 0. The number of nitrogens with two attached hydrogens (primary N) is 1. The van der Waals surface area contributed by atoms with Crippen LogP contribution in [0.5, 0.6) is 0 Å². The Morgan fingerprint density at radius 3 is 2.93 bits per heavy atom. The minimum Gasteiger partial charge on any atom is -0.361 e. The maximum atomic E-state index is 5.71. The Balaban J connectivity index is 2.42. The largest absolute Gasteiger partial charge is 0.361 e. The molecule has 1 heterocycles. The van der Waals surface area contributed by atoms with Crippen molar-refractivity contribution < 1.29 is 4.52 Å². The topological polar surface area (TPSA) is 52.0 Å². The first-order valence-corrected chi connectivity index (χ1v) is 5.71. The molecule has 2 rings (SSSR count). The van der Waals surface area contributed by atoms with Gasteiger partial charge in [0.05, 0.1) is 5.69 Å². The fourth-order valence-corrected chi connectivity index (χ4v) is 2.75. The van der Waals surface area contributed by atoms with E-state index in [1.807, 2.05) is 6.92 Å². The molecule has 84 valence electrons. The van der Waals surface area contributed by atoms with E-state index in [1.165, 1.54) is 12.0 Å². The van der Waals surface area contributed by atoms with E-state index < -0.39 is 0 Å². The lowest BCUT2D eigenvalue weighted by atomic mass is 9.66. The second-order valence-electron chi connectivity index (χ2n) is 5.22. The molecule has 3 nitrogen and oxygen atoms in total. The molecule has 0 amide bonds. The van der Waals surface area contributed by atoms with Crippen LogP contribution in [0.4, 0.5) is 0 Å². The summed E-state index contributed by atoms with van der Waals surface area (Å²) in [7, 11) is 0. The standard InChI is InChI=1S/C12H20N2O/c1-8-11-9(5-7-13)12(2,3)6-4-10(11)15-14-8/h9H,4-7,13H2,1-3H3. The Kier molecular flexibility index (Phi) is 2.59. The second-order valence-corrected chi connectivity index (χ2v) is 5.22. The molecule has 1 aromatic rings. The van der Waals surface area contributed by atoms with Crippen LogP contribution in [-0.4, -0.2) is 11.7 Å². The van der Waals surface area contributed by atoms with Gasteiger partial charge in [-0.25, -0.2) is 0 Å². The Hall–Kier alpha value is -0.830. The van der Waals surface area contributed by atoms with E-state index in [0.29, 0.717) is 11.3 Å². The number of fused-ring (bicyclic) bond motifs is 1. The van der Waals surface area contributed by atoms with E-state index in [0.717, 1.165) is 30.8 Å². The summed E-state index contributed by atoms with van der Waals surface area (Å²) in [6.45, 7) is 7.41. The Labute approximate surface area is 91.0 Å². The molecule has 1 aliphatic rings. The summed E-state index contributed by atoms with van der Waals surface area (Å²) in [5.41, 5.74) is 8.41. The summed E-state index contributed by atoms with van der Waals surface area (Å²) in [5, 5.41) is 4.08. The highest BCUT2D eigenvalue weighted by atomic mass is 16.5. The number of hydrogen-bond donors (Lipinski definition) is 1. The second kappa shape index (κ2) is 3.63. The lowest BCUT2D eigenvalue weighted by Crippen LogP contribution is -2.29. The van der Waals surface area contributed by atoms with Gasteiger partial charge in [-0.05, 0) is 37.6 Å². The van der Waals surface area contributed by atoms with Gasteiger partial charge in [0.2, 0.25) is 0 Å². The molecule has 0 fully saturated rings. The highest BCUT2D eigenvalue weighted by molar-refractivity contribution is 5.31. The van der Waals surface area contributed by atoms with E-state index >= 15 is 0 Å². The third-order valence-corrected chi connectivity index (χ3v) is 3.73. The van der Waals surface area contributed by atoms with Crippen molar-refractivity contribution >= 4 is 0 Å². The molecule has 0 saturated heterocycles. The lowest BCUT2D eigenvalue weighted by molar-refractivity contribution is 0.218. The monoisotopic (exact) mass is 208 g/mol. The molecule has 15 heavy (non-hydrogen) atoms. The molecule has 0 bridgehead atoms. The summed E-state index contributed by atoms with van der Waals surface area (Å²) in [6, 6.07) is 0. The van der Waals surface area contributed by atoms with E-state index in [4.69, 9.17) is 10.3 Å². The number of aryl methyl sites for hydroxylation is 2. The Morgan fingerprint density at radius 1 is 1.53 bits per heavy atom. The van der Waals surface area contributed by atoms with Gasteiger partial charge in [-0.2, -0.15) is 0 Å². The Bertz CT molecular complexity index is 355. The molecule has 1 unspecified atom stereocenters. The SMILES string of the molecule is Cc1noc2c1C(CCN)C(C)(C)CC2. The molecule has 0 aliphatic heterocycles. The fourth-order valence-electron chi connectivity index (χ4n) is 2.75. The zero-order valence-corrected chi connectivity index (χ0v) is 9.84. The van der Waals surface area contributed by atoms with Crippen molar-refractivity contribution in [1.29, 1.82) is 0 Å². The maximum Gasteiger partial charge on any atom is 0.140 e. The van der Waals surface area contributed by atoms with Crippen LogP contribution in [0.2, 0.25) is 0 Å². The van der Waals surface area contributed by atoms with Gasteiger partial charge in [0, 0.05) is 12.0 Å². The number of aromatic nitrogens is 1. The Morgan fingerprint density at radius 2 is 2.27 bits per heavy atom. The molecular formula is C12H20N2O. The van der Waals surface area contributed by atoms with Gasteiger partial charge in [-0.15, -0.1) is 0 Å². The number of rotatable bonds is 2. The van der Waals surface area contributed by atoms with Crippen LogP contribution in [0.25, 0.3) is 0 Å². The van der Waals surface area contributed by atoms with Crippen LogP contribution in [0.3, 0.4) is 0 Å². The first-order chi connectivity index (χ1) is 7.06. The van der Waals surface area contributed by atoms with Gasteiger partial charge < -0.3 is 10.3 Å². The van der Waals surface area contributed by atoms with Crippen molar-refractivity contribution in [2.75, 3.05) is 6.54 Å². The molecule has 2 N–H and O–H groups in total. The van der Waals surface area contributed by atoms with Crippen LogP contribution in [0.15, 0.2) is 4.52 Å². The van der Waals surface area contributed by atoms with Crippen LogP contribution < -0.4 is 5.73 Å². The van der Waals surface area contributed by atoms with Crippen molar-refractivity contribution in [3.63, 3.8) is 0 Å². The van der Waals surface area contributed by atoms with E-state index in [1.54, 1.807) is 0 Å². The molecule has 1 aliphatic carbocycles. The third kappa shape index (κ3) is 1.69. The van der Waals surface area contributed by atoms with Gasteiger partial charge in [-0.3, -0.25) is 0 Å². The lowest BCUT2D eigenvalue weighted by Gasteiger charge is -2.37. The summed E-state index contributed by atoms with van der Waals surface area (Å²) in [5.74, 6) is 1.60. The van der Waals surface area contributed by atoms with Gasteiger partial charge in [-0.1, -0.05) is 19.0 Å². The summed E-state index contributed by atoms with van der Waals surface area (Å²) in [6.07, 6.45) is 3.21. The molecule has 3 heteroatoms.